The Morgan fingerprint density at radius 2 is 2.15 bits per heavy atom. The molecular weight excluding hydrogens is 230 g/mol. The predicted molar refractivity (Wildman–Crippen MR) is 57.7 cm³/mol. The van der Waals surface area contributed by atoms with Crippen LogP contribution in [-0.2, 0) is 0 Å². The molecule has 0 aromatic carbocycles. The molecule has 0 radical (unpaired) electrons. The third-order valence-corrected chi connectivity index (χ3v) is 2.57. The first-order valence-corrected chi connectivity index (χ1v) is 5.29. The van der Waals surface area contributed by atoms with Crippen LogP contribution in [0.2, 0.25) is 0 Å². The first kappa shape index (κ1) is 10.4. The number of halogens is 1. The van der Waals surface area contributed by atoms with Gasteiger partial charge in [-0.05, 0) is 28.8 Å². The minimum atomic E-state index is 0.492. The van der Waals surface area contributed by atoms with Crippen LogP contribution in [0.4, 0.5) is 5.82 Å². The molecule has 3 nitrogen and oxygen atoms in total. The second-order valence-corrected chi connectivity index (χ2v) is 3.73. The van der Waals surface area contributed by atoms with Crippen molar-refractivity contribution in [2.45, 2.75) is 32.7 Å². The lowest BCUT2D eigenvalue weighted by molar-refractivity contribution is 0.667. The number of hydrogen-bond acceptors (Lipinski definition) is 3. The first-order valence-electron chi connectivity index (χ1n) is 4.50. The molecule has 0 aliphatic rings. The van der Waals surface area contributed by atoms with E-state index in [1.807, 2.05) is 0 Å². The van der Waals surface area contributed by atoms with Gasteiger partial charge in [-0.3, -0.25) is 0 Å². The van der Waals surface area contributed by atoms with E-state index in [1.54, 1.807) is 12.5 Å². The number of nitrogens with one attached hydrogen (secondary N) is 1. The van der Waals surface area contributed by atoms with Crippen LogP contribution >= 0.6 is 15.9 Å². The van der Waals surface area contributed by atoms with Gasteiger partial charge >= 0.3 is 0 Å². The fourth-order valence-corrected chi connectivity index (χ4v) is 1.44. The van der Waals surface area contributed by atoms with E-state index >= 15 is 0 Å². The van der Waals surface area contributed by atoms with Crippen molar-refractivity contribution in [3.05, 3.63) is 17.0 Å². The van der Waals surface area contributed by atoms with Crippen molar-refractivity contribution in [3.63, 3.8) is 0 Å². The highest BCUT2D eigenvalue weighted by Crippen LogP contribution is 2.19. The summed E-state index contributed by atoms with van der Waals surface area (Å²) in [5, 5.41) is 3.35. The SMILES string of the molecule is CCC(CC)Nc1ncncc1Br. The summed E-state index contributed by atoms with van der Waals surface area (Å²) in [4.78, 5) is 8.05. The van der Waals surface area contributed by atoms with E-state index < -0.39 is 0 Å². The number of nitrogens with zero attached hydrogens (tertiary/aromatic N) is 2. The Morgan fingerprint density at radius 1 is 1.46 bits per heavy atom. The Bertz CT molecular complexity index is 261. The highest BCUT2D eigenvalue weighted by atomic mass is 79.9. The summed E-state index contributed by atoms with van der Waals surface area (Å²) in [6.45, 7) is 4.33. The molecule has 0 amide bonds. The largest absolute Gasteiger partial charge is 0.366 e. The summed E-state index contributed by atoms with van der Waals surface area (Å²) < 4.78 is 0.918. The molecule has 0 saturated heterocycles. The normalized spacial score (nSPS) is 10.5. The van der Waals surface area contributed by atoms with Gasteiger partial charge in [0.2, 0.25) is 0 Å². The zero-order chi connectivity index (χ0) is 9.68. The Labute approximate surface area is 87.1 Å². The van der Waals surface area contributed by atoms with E-state index in [-0.39, 0.29) is 0 Å². The van der Waals surface area contributed by atoms with Crippen molar-refractivity contribution in [2.75, 3.05) is 5.32 Å². The summed E-state index contributed by atoms with van der Waals surface area (Å²) in [6, 6.07) is 0.492. The van der Waals surface area contributed by atoms with Gasteiger partial charge in [0.15, 0.2) is 0 Å². The van der Waals surface area contributed by atoms with Gasteiger partial charge in [-0.2, -0.15) is 0 Å². The zero-order valence-corrected chi connectivity index (χ0v) is 9.50. The molecule has 0 unspecified atom stereocenters. The first-order chi connectivity index (χ1) is 6.27. The second kappa shape index (κ2) is 5.17. The van der Waals surface area contributed by atoms with Crippen molar-refractivity contribution in [1.82, 2.24) is 9.97 Å². The van der Waals surface area contributed by atoms with E-state index in [1.165, 1.54) is 0 Å². The van der Waals surface area contributed by atoms with Crippen molar-refractivity contribution in [1.29, 1.82) is 0 Å². The van der Waals surface area contributed by atoms with Gasteiger partial charge in [-0.1, -0.05) is 13.8 Å². The van der Waals surface area contributed by atoms with Gasteiger partial charge in [-0.15, -0.1) is 0 Å². The van der Waals surface area contributed by atoms with Gasteiger partial charge in [-0.25, -0.2) is 9.97 Å². The van der Waals surface area contributed by atoms with E-state index in [0.29, 0.717) is 6.04 Å². The molecule has 1 rings (SSSR count). The zero-order valence-electron chi connectivity index (χ0n) is 7.92. The molecule has 0 saturated carbocycles. The number of aromatic nitrogens is 2. The molecule has 0 atom stereocenters. The van der Waals surface area contributed by atoms with Crippen LogP contribution in [0, 0.1) is 0 Å². The Kier molecular flexibility index (Phi) is 4.15. The van der Waals surface area contributed by atoms with E-state index in [9.17, 15) is 0 Å². The van der Waals surface area contributed by atoms with Crippen LogP contribution in [0.15, 0.2) is 17.0 Å². The van der Waals surface area contributed by atoms with Crippen molar-refractivity contribution >= 4 is 21.7 Å². The van der Waals surface area contributed by atoms with Gasteiger partial charge < -0.3 is 5.32 Å². The fourth-order valence-electron chi connectivity index (χ4n) is 1.11. The van der Waals surface area contributed by atoms with Crippen molar-refractivity contribution in [2.24, 2.45) is 0 Å². The molecule has 72 valence electrons. The quantitative estimate of drug-likeness (QED) is 0.884. The van der Waals surface area contributed by atoms with Crippen molar-refractivity contribution < 1.29 is 0 Å². The second-order valence-electron chi connectivity index (χ2n) is 2.88. The summed E-state index contributed by atoms with van der Waals surface area (Å²) in [6.07, 6.45) is 5.51. The topological polar surface area (TPSA) is 37.8 Å². The van der Waals surface area contributed by atoms with Gasteiger partial charge in [0.1, 0.15) is 12.1 Å². The van der Waals surface area contributed by atoms with Crippen LogP contribution in [0.25, 0.3) is 0 Å². The maximum Gasteiger partial charge on any atom is 0.143 e. The molecule has 0 fully saturated rings. The predicted octanol–water partition coefficient (Wildman–Crippen LogP) is 2.84. The monoisotopic (exact) mass is 243 g/mol. The number of hydrogen-bond donors (Lipinski definition) is 1. The smallest absolute Gasteiger partial charge is 0.143 e. The van der Waals surface area contributed by atoms with Gasteiger partial charge in [0.25, 0.3) is 0 Å². The fraction of sp³-hybridized carbons (Fsp3) is 0.556. The molecule has 1 aromatic heterocycles. The maximum absolute atomic E-state index is 4.14. The summed E-state index contributed by atoms with van der Waals surface area (Å²) in [5.74, 6) is 0.878. The third kappa shape index (κ3) is 2.95. The highest BCUT2D eigenvalue weighted by Gasteiger charge is 2.06. The van der Waals surface area contributed by atoms with Crippen LogP contribution in [0.3, 0.4) is 0 Å². The standard InChI is InChI=1S/C9H14BrN3/c1-3-7(4-2)13-9-8(10)5-11-6-12-9/h5-7H,3-4H2,1-2H3,(H,11,12,13). The van der Waals surface area contributed by atoms with Gasteiger partial charge in [0, 0.05) is 12.2 Å². The van der Waals surface area contributed by atoms with Crippen LogP contribution in [0.1, 0.15) is 26.7 Å². The molecule has 1 aromatic rings. The molecule has 1 heterocycles. The Morgan fingerprint density at radius 3 is 2.69 bits per heavy atom. The van der Waals surface area contributed by atoms with E-state index in [4.69, 9.17) is 0 Å². The molecular formula is C9H14BrN3. The lowest BCUT2D eigenvalue weighted by Gasteiger charge is -2.15. The summed E-state index contributed by atoms with van der Waals surface area (Å²) >= 11 is 3.40. The van der Waals surface area contributed by atoms with E-state index in [2.05, 4.69) is 45.1 Å². The Hall–Kier alpha value is -0.640. The van der Waals surface area contributed by atoms with Gasteiger partial charge in [0.05, 0.1) is 4.47 Å². The highest BCUT2D eigenvalue weighted by molar-refractivity contribution is 9.10. The average Bonchev–Trinajstić information content (AvgIpc) is 2.17. The Balaban J connectivity index is 2.67. The maximum atomic E-state index is 4.14. The van der Waals surface area contributed by atoms with E-state index in [0.717, 1.165) is 23.1 Å². The average molecular weight is 244 g/mol. The lowest BCUT2D eigenvalue weighted by atomic mass is 10.2. The van der Waals surface area contributed by atoms with Crippen LogP contribution in [0.5, 0.6) is 0 Å². The minimum Gasteiger partial charge on any atom is -0.366 e. The molecule has 0 aliphatic heterocycles. The molecule has 13 heavy (non-hydrogen) atoms. The molecule has 4 heteroatoms. The van der Waals surface area contributed by atoms with Crippen molar-refractivity contribution in [3.8, 4) is 0 Å². The third-order valence-electron chi connectivity index (χ3n) is 1.99. The molecule has 0 spiro atoms. The number of rotatable bonds is 4. The molecule has 0 aliphatic carbocycles. The molecule has 0 bridgehead atoms. The summed E-state index contributed by atoms with van der Waals surface area (Å²) in [5.41, 5.74) is 0. The lowest BCUT2D eigenvalue weighted by Crippen LogP contribution is -2.18. The molecule has 1 N–H and O–H groups in total. The minimum absolute atomic E-state index is 0.492. The number of anilines is 1. The van der Waals surface area contributed by atoms with Crippen LogP contribution in [-0.4, -0.2) is 16.0 Å². The summed E-state index contributed by atoms with van der Waals surface area (Å²) in [7, 11) is 0. The van der Waals surface area contributed by atoms with Crippen LogP contribution < -0.4 is 5.32 Å².